The molecule has 0 unspecified atom stereocenters. The highest BCUT2D eigenvalue weighted by atomic mass is 16.2. The van der Waals surface area contributed by atoms with Crippen LogP contribution in [0.3, 0.4) is 0 Å². The topological polar surface area (TPSA) is 83.9 Å². The number of carbonyl (C=O) groups excluding carboxylic acids is 1. The molecule has 0 saturated heterocycles. The molecule has 3 N–H and O–H groups in total. The van der Waals surface area contributed by atoms with Crippen LogP contribution in [0.25, 0.3) is 0 Å². The number of hydrogen-bond donors (Lipinski definition) is 3. The lowest BCUT2D eigenvalue weighted by molar-refractivity contribution is 0.252. The third-order valence-electron chi connectivity index (χ3n) is 4.65. The van der Waals surface area contributed by atoms with Crippen LogP contribution >= 0.6 is 0 Å². The fourth-order valence-electron chi connectivity index (χ4n) is 2.89. The Balaban J connectivity index is 1.48. The van der Waals surface area contributed by atoms with Crippen LogP contribution < -0.4 is 16.0 Å². The minimum Gasteiger partial charge on any atom is -0.383 e. The van der Waals surface area contributed by atoms with Gasteiger partial charge in [0, 0.05) is 36.7 Å². The zero-order chi connectivity index (χ0) is 17.8. The maximum Gasteiger partial charge on any atom is 0.320 e. The number of aromatic nitrogens is 3. The first-order valence-corrected chi connectivity index (χ1v) is 8.79. The molecule has 0 radical (unpaired) electrons. The van der Waals surface area contributed by atoms with Gasteiger partial charge in [-0.05, 0) is 51.2 Å². The minimum absolute atomic E-state index is 0.207. The van der Waals surface area contributed by atoms with Gasteiger partial charge < -0.3 is 10.6 Å². The van der Waals surface area contributed by atoms with Gasteiger partial charge in [-0.3, -0.25) is 10.3 Å². The first-order chi connectivity index (χ1) is 12.1. The highest BCUT2D eigenvalue weighted by Crippen LogP contribution is 2.40. The van der Waals surface area contributed by atoms with Gasteiger partial charge in [0.25, 0.3) is 0 Å². The smallest absolute Gasteiger partial charge is 0.320 e. The van der Waals surface area contributed by atoms with Crippen molar-refractivity contribution in [3.63, 3.8) is 0 Å². The maximum absolute atomic E-state index is 12.2. The van der Waals surface area contributed by atoms with Gasteiger partial charge in [-0.2, -0.15) is 5.10 Å². The molecule has 2 amide bonds. The number of rotatable bonds is 7. The van der Waals surface area contributed by atoms with Crippen molar-refractivity contribution in [3.05, 3.63) is 35.8 Å². The van der Waals surface area contributed by atoms with Gasteiger partial charge in [-0.15, -0.1) is 0 Å². The molecule has 2 aromatic rings. The third kappa shape index (κ3) is 4.29. The van der Waals surface area contributed by atoms with E-state index in [4.69, 9.17) is 0 Å². The average Bonchev–Trinajstić information content (AvgIpc) is 3.38. The zero-order valence-electron chi connectivity index (χ0n) is 15.0. The van der Waals surface area contributed by atoms with E-state index in [1.165, 1.54) is 12.8 Å². The van der Waals surface area contributed by atoms with E-state index in [0.717, 1.165) is 22.6 Å². The van der Waals surface area contributed by atoms with Crippen LogP contribution in [0.1, 0.15) is 36.9 Å². The quantitative estimate of drug-likeness (QED) is 0.675. The normalized spacial score (nSPS) is 14.8. The van der Waals surface area contributed by atoms with Crippen LogP contribution in [0.5, 0.6) is 0 Å². The van der Waals surface area contributed by atoms with E-state index >= 15 is 0 Å². The number of amides is 2. The molecule has 1 aliphatic carbocycles. The summed E-state index contributed by atoms with van der Waals surface area (Å²) in [6.07, 6.45) is 7.85. The molecule has 25 heavy (non-hydrogen) atoms. The second-order valence-corrected chi connectivity index (χ2v) is 6.70. The standard InChI is InChI=1S/C18H26N6O/c1-12-10-19-7-6-16(12)20-8-9-21-18(25)23-17-13(2)11-22-24(17)14(3)15-4-5-15/h6-7,10-11,14-15H,4-5,8-9H2,1-3H3,(H,19,20)(H2,21,23,25)/t14-/m1/s1. The van der Waals surface area contributed by atoms with Crippen molar-refractivity contribution in [3.8, 4) is 0 Å². The summed E-state index contributed by atoms with van der Waals surface area (Å²) in [7, 11) is 0. The van der Waals surface area contributed by atoms with Crippen LogP contribution in [0.15, 0.2) is 24.7 Å². The summed E-state index contributed by atoms with van der Waals surface area (Å²) in [4.78, 5) is 16.3. The molecular formula is C18H26N6O. The van der Waals surface area contributed by atoms with E-state index in [0.29, 0.717) is 25.0 Å². The van der Waals surface area contributed by atoms with Crippen LogP contribution in [0.4, 0.5) is 16.3 Å². The molecule has 0 bridgehead atoms. The number of nitrogens with one attached hydrogen (secondary N) is 3. The average molecular weight is 342 g/mol. The Hall–Kier alpha value is -2.57. The van der Waals surface area contributed by atoms with Crippen molar-refractivity contribution in [2.24, 2.45) is 5.92 Å². The lowest BCUT2D eigenvalue weighted by atomic mass is 10.2. The molecule has 1 aliphatic rings. The van der Waals surface area contributed by atoms with Gasteiger partial charge in [-0.1, -0.05) is 0 Å². The largest absolute Gasteiger partial charge is 0.383 e. The molecule has 3 rings (SSSR count). The predicted molar refractivity (Wildman–Crippen MR) is 98.9 cm³/mol. The van der Waals surface area contributed by atoms with Gasteiger partial charge in [0.15, 0.2) is 0 Å². The van der Waals surface area contributed by atoms with Crippen molar-refractivity contribution in [1.82, 2.24) is 20.1 Å². The number of nitrogens with zero attached hydrogens (tertiary/aromatic N) is 3. The monoisotopic (exact) mass is 342 g/mol. The Labute approximate surface area is 148 Å². The van der Waals surface area contributed by atoms with Gasteiger partial charge in [0.05, 0.1) is 12.2 Å². The van der Waals surface area contributed by atoms with Crippen molar-refractivity contribution >= 4 is 17.5 Å². The lowest BCUT2D eigenvalue weighted by Gasteiger charge is -2.16. The molecular weight excluding hydrogens is 316 g/mol. The summed E-state index contributed by atoms with van der Waals surface area (Å²) in [6, 6.07) is 2.04. The van der Waals surface area contributed by atoms with Crippen LogP contribution in [0.2, 0.25) is 0 Å². The van der Waals surface area contributed by atoms with Crippen molar-refractivity contribution < 1.29 is 4.79 Å². The Morgan fingerprint density at radius 3 is 2.80 bits per heavy atom. The summed E-state index contributed by atoms with van der Waals surface area (Å²) in [5.74, 6) is 1.46. The van der Waals surface area contributed by atoms with E-state index in [1.54, 1.807) is 6.20 Å². The highest BCUT2D eigenvalue weighted by Gasteiger charge is 2.31. The molecule has 0 aliphatic heterocycles. The molecule has 7 heteroatoms. The lowest BCUT2D eigenvalue weighted by Crippen LogP contribution is -2.33. The number of anilines is 2. The van der Waals surface area contributed by atoms with E-state index in [1.807, 2.05) is 37.0 Å². The maximum atomic E-state index is 12.2. The number of pyridine rings is 1. The van der Waals surface area contributed by atoms with E-state index in [-0.39, 0.29) is 6.03 Å². The Kier molecular flexibility index (Phi) is 5.21. The molecule has 1 fully saturated rings. The molecule has 7 nitrogen and oxygen atoms in total. The summed E-state index contributed by atoms with van der Waals surface area (Å²) in [5.41, 5.74) is 3.10. The summed E-state index contributed by atoms with van der Waals surface area (Å²) in [6.45, 7) is 7.30. The summed E-state index contributed by atoms with van der Waals surface area (Å²) in [5, 5.41) is 13.5. The molecule has 2 aromatic heterocycles. The van der Waals surface area contributed by atoms with Crippen molar-refractivity contribution in [1.29, 1.82) is 0 Å². The van der Waals surface area contributed by atoms with Crippen LogP contribution in [-0.4, -0.2) is 33.9 Å². The van der Waals surface area contributed by atoms with Crippen LogP contribution in [-0.2, 0) is 0 Å². The third-order valence-corrected chi connectivity index (χ3v) is 4.65. The first-order valence-electron chi connectivity index (χ1n) is 8.79. The Bertz CT molecular complexity index is 737. The Morgan fingerprint density at radius 1 is 1.28 bits per heavy atom. The number of carbonyl (C=O) groups is 1. The van der Waals surface area contributed by atoms with E-state index in [2.05, 4.69) is 33.0 Å². The first kappa shape index (κ1) is 17.3. The second kappa shape index (κ2) is 7.55. The zero-order valence-corrected chi connectivity index (χ0v) is 15.0. The highest BCUT2D eigenvalue weighted by molar-refractivity contribution is 5.89. The SMILES string of the molecule is Cc1cnccc1NCCNC(=O)Nc1c(C)cnn1[C@H](C)C1CC1. The fraction of sp³-hybridized carbons (Fsp3) is 0.500. The van der Waals surface area contributed by atoms with Gasteiger partial charge >= 0.3 is 6.03 Å². The van der Waals surface area contributed by atoms with Crippen LogP contribution in [0, 0.1) is 19.8 Å². The molecule has 1 saturated carbocycles. The summed E-state index contributed by atoms with van der Waals surface area (Å²) >= 11 is 0. The van der Waals surface area contributed by atoms with Gasteiger partial charge in [-0.25, -0.2) is 9.48 Å². The molecule has 1 atom stereocenters. The molecule has 0 spiro atoms. The minimum atomic E-state index is -0.207. The number of hydrogen-bond acceptors (Lipinski definition) is 4. The fourth-order valence-corrected chi connectivity index (χ4v) is 2.89. The van der Waals surface area contributed by atoms with Crippen molar-refractivity contribution in [2.75, 3.05) is 23.7 Å². The number of urea groups is 1. The summed E-state index contributed by atoms with van der Waals surface area (Å²) < 4.78 is 1.94. The molecule has 0 aromatic carbocycles. The Morgan fingerprint density at radius 2 is 2.08 bits per heavy atom. The predicted octanol–water partition coefficient (Wildman–Crippen LogP) is 3.10. The molecule has 2 heterocycles. The van der Waals surface area contributed by atoms with E-state index in [9.17, 15) is 4.79 Å². The second-order valence-electron chi connectivity index (χ2n) is 6.70. The van der Waals surface area contributed by atoms with Gasteiger partial charge in [0.2, 0.25) is 0 Å². The van der Waals surface area contributed by atoms with Gasteiger partial charge in [0.1, 0.15) is 5.82 Å². The van der Waals surface area contributed by atoms with E-state index < -0.39 is 0 Å². The van der Waals surface area contributed by atoms with Crippen molar-refractivity contribution in [2.45, 2.75) is 39.7 Å². The number of aryl methyl sites for hydroxylation is 2. The molecule has 134 valence electrons.